The lowest BCUT2D eigenvalue weighted by Gasteiger charge is -2.15. The monoisotopic (exact) mass is 370 g/mol. The van der Waals surface area contributed by atoms with Crippen molar-refractivity contribution in [3.8, 4) is 5.75 Å². The van der Waals surface area contributed by atoms with Crippen molar-refractivity contribution in [1.82, 2.24) is 5.43 Å². The number of hydrogen-bond acceptors (Lipinski definition) is 3. The van der Waals surface area contributed by atoms with Gasteiger partial charge in [0.25, 0.3) is 5.91 Å². The third-order valence-corrected chi connectivity index (χ3v) is 4.88. The van der Waals surface area contributed by atoms with E-state index in [1.807, 2.05) is 19.1 Å². The molecule has 0 radical (unpaired) electrons. The highest BCUT2D eigenvalue weighted by molar-refractivity contribution is 6.01. The number of carbonyl (C=O) groups excluding carboxylic acids is 1. The third kappa shape index (κ3) is 4.92. The number of ether oxygens (including phenoxy) is 1. The van der Waals surface area contributed by atoms with Gasteiger partial charge >= 0.3 is 0 Å². The van der Waals surface area contributed by atoms with Gasteiger partial charge in [-0.15, -0.1) is 0 Å². The lowest BCUT2D eigenvalue weighted by atomic mass is 10.1. The Kier molecular flexibility index (Phi) is 6.19. The standard InChI is InChI=1S/C21H24FN3O2/c1-15(23-24-21(26)16-5-8-19(22)9-6-16)17-7-10-20(27-2)18(13-17)14-25-11-3-4-12-25/h5-10,13H,3-4,11-12,14H2,1-2H3,(H,24,26)/p+1/b23-15-. The summed E-state index contributed by atoms with van der Waals surface area (Å²) in [6, 6.07) is 11.3. The fourth-order valence-corrected chi connectivity index (χ4v) is 3.33. The minimum Gasteiger partial charge on any atom is -0.496 e. The summed E-state index contributed by atoms with van der Waals surface area (Å²) in [5, 5.41) is 4.20. The number of hydrazone groups is 1. The van der Waals surface area contributed by atoms with Gasteiger partial charge in [0, 0.05) is 24.0 Å². The summed E-state index contributed by atoms with van der Waals surface area (Å²) in [5.74, 6) is 0.128. The zero-order chi connectivity index (χ0) is 19.2. The Bertz CT molecular complexity index is 828. The van der Waals surface area contributed by atoms with Gasteiger partial charge in [-0.1, -0.05) is 0 Å². The summed E-state index contributed by atoms with van der Waals surface area (Å²) in [7, 11) is 1.68. The number of nitrogens with zero attached hydrogens (tertiary/aromatic N) is 1. The molecule has 142 valence electrons. The molecule has 1 fully saturated rings. The van der Waals surface area contributed by atoms with Crippen molar-refractivity contribution in [2.45, 2.75) is 26.3 Å². The molecule has 0 saturated carbocycles. The molecule has 0 bridgehead atoms. The van der Waals surface area contributed by atoms with Crippen LogP contribution in [0.4, 0.5) is 4.39 Å². The molecule has 1 aliphatic heterocycles. The molecular weight excluding hydrogens is 345 g/mol. The van der Waals surface area contributed by atoms with Crippen LogP contribution in [0.5, 0.6) is 5.75 Å². The first-order chi connectivity index (χ1) is 13.1. The highest BCUT2D eigenvalue weighted by atomic mass is 19.1. The zero-order valence-corrected chi connectivity index (χ0v) is 15.7. The Morgan fingerprint density at radius 3 is 2.48 bits per heavy atom. The van der Waals surface area contributed by atoms with E-state index in [4.69, 9.17) is 4.74 Å². The fraction of sp³-hybridized carbons (Fsp3) is 0.333. The van der Waals surface area contributed by atoms with Crippen LogP contribution in [0.1, 0.15) is 41.3 Å². The SMILES string of the molecule is COc1ccc(/C(C)=N\NC(=O)c2ccc(F)cc2)cc1C[NH+]1CCCC1. The second kappa shape index (κ2) is 8.77. The van der Waals surface area contributed by atoms with Gasteiger partial charge in [0.1, 0.15) is 18.1 Å². The molecule has 5 nitrogen and oxygen atoms in total. The molecule has 1 heterocycles. The van der Waals surface area contributed by atoms with Gasteiger partial charge in [-0.2, -0.15) is 5.10 Å². The molecule has 2 aromatic carbocycles. The van der Waals surface area contributed by atoms with Crippen LogP contribution >= 0.6 is 0 Å². The molecule has 1 amide bonds. The van der Waals surface area contributed by atoms with E-state index < -0.39 is 0 Å². The predicted molar refractivity (Wildman–Crippen MR) is 103 cm³/mol. The van der Waals surface area contributed by atoms with E-state index in [0.717, 1.165) is 23.4 Å². The Labute approximate surface area is 158 Å². The van der Waals surface area contributed by atoms with Crippen LogP contribution in [0.2, 0.25) is 0 Å². The fourth-order valence-electron chi connectivity index (χ4n) is 3.33. The number of rotatable bonds is 6. The highest BCUT2D eigenvalue weighted by Crippen LogP contribution is 2.20. The molecule has 1 saturated heterocycles. The van der Waals surface area contributed by atoms with Gasteiger partial charge in [0.05, 0.1) is 25.9 Å². The molecule has 2 aromatic rings. The maximum atomic E-state index is 13.0. The lowest BCUT2D eigenvalue weighted by molar-refractivity contribution is -0.901. The number of carbonyl (C=O) groups is 1. The molecule has 0 atom stereocenters. The Morgan fingerprint density at radius 1 is 1.15 bits per heavy atom. The van der Waals surface area contributed by atoms with Crippen LogP contribution in [0.3, 0.4) is 0 Å². The number of likely N-dealkylation sites (tertiary alicyclic amines) is 1. The number of methoxy groups -OCH3 is 1. The van der Waals surface area contributed by atoms with Gasteiger partial charge in [0.2, 0.25) is 0 Å². The molecule has 6 heteroatoms. The van der Waals surface area contributed by atoms with Gasteiger partial charge in [-0.3, -0.25) is 4.79 Å². The van der Waals surface area contributed by atoms with Crippen LogP contribution in [0, 0.1) is 5.82 Å². The molecule has 27 heavy (non-hydrogen) atoms. The molecule has 3 rings (SSSR count). The van der Waals surface area contributed by atoms with E-state index in [1.165, 1.54) is 50.2 Å². The van der Waals surface area contributed by atoms with Gasteiger partial charge in [-0.05, 0) is 55.0 Å². The summed E-state index contributed by atoms with van der Waals surface area (Å²) >= 11 is 0. The topological polar surface area (TPSA) is 55.1 Å². The molecule has 0 spiro atoms. The summed E-state index contributed by atoms with van der Waals surface area (Å²) < 4.78 is 18.5. The number of hydrogen-bond donors (Lipinski definition) is 2. The number of benzene rings is 2. The van der Waals surface area contributed by atoms with Crippen molar-refractivity contribution in [1.29, 1.82) is 0 Å². The van der Waals surface area contributed by atoms with Crippen molar-refractivity contribution in [3.63, 3.8) is 0 Å². The number of amides is 1. The molecule has 1 aliphatic rings. The first-order valence-electron chi connectivity index (χ1n) is 9.18. The summed E-state index contributed by atoms with van der Waals surface area (Å²) in [6.07, 6.45) is 2.54. The number of nitrogens with one attached hydrogen (secondary N) is 2. The van der Waals surface area contributed by atoms with Crippen LogP contribution < -0.4 is 15.1 Å². The summed E-state index contributed by atoms with van der Waals surface area (Å²) in [4.78, 5) is 13.7. The van der Waals surface area contributed by atoms with E-state index in [9.17, 15) is 9.18 Å². The maximum absolute atomic E-state index is 13.0. The minimum atomic E-state index is -0.378. The second-order valence-electron chi connectivity index (χ2n) is 6.81. The van der Waals surface area contributed by atoms with Gasteiger partial charge in [-0.25, -0.2) is 9.82 Å². The summed E-state index contributed by atoms with van der Waals surface area (Å²) in [5.41, 5.74) is 5.67. The van der Waals surface area contributed by atoms with E-state index in [2.05, 4.69) is 16.6 Å². The maximum Gasteiger partial charge on any atom is 0.271 e. The van der Waals surface area contributed by atoms with Crippen LogP contribution in [0.15, 0.2) is 47.6 Å². The smallest absolute Gasteiger partial charge is 0.271 e. The second-order valence-corrected chi connectivity index (χ2v) is 6.81. The Morgan fingerprint density at radius 2 is 1.81 bits per heavy atom. The normalized spacial score (nSPS) is 15.0. The van der Waals surface area contributed by atoms with Crippen LogP contribution in [0.25, 0.3) is 0 Å². The average Bonchev–Trinajstić information content (AvgIpc) is 3.19. The number of quaternary nitrogens is 1. The van der Waals surface area contributed by atoms with Gasteiger partial charge < -0.3 is 9.64 Å². The molecule has 0 aliphatic carbocycles. The number of halogens is 1. The highest BCUT2D eigenvalue weighted by Gasteiger charge is 2.18. The third-order valence-electron chi connectivity index (χ3n) is 4.88. The van der Waals surface area contributed by atoms with Crippen LogP contribution in [-0.2, 0) is 6.54 Å². The van der Waals surface area contributed by atoms with E-state index in [0.29, 0.717) is 11.3 Å². The predicted octanol–water partition coefficient (Wildman–Crippen LogP) is 2.17. The Balaban J connectivity index is 1.72. The van der Waals surface area contributed by atoms with Crippen LogP contribution in [-0.4, -0.2) is 31.8 Å². The van der Waals surface area contributed by atoms with E-state index >= 15 is 0 Å². The van der Waals surface area contributed by atoms with Crippen molar-refractivity contribution in [3.05, 3.63) is 65.0 Å². The molecule has 0 aromatic heterocycles. The van der Waals surface area contributed by atoms with Crippen molar-refractivity contribution < 1.29 is 18.8 Å². The molecule has 0 unspecified atom stereocenters. The van der Waals surface area contributed by atoms with E-state index in [1.54, 1.807) is 12.0 Å². The van der Waals surface area contributed by atoms with Gasteiger partial charge in [0.15, 0.2) is 0 Å². The van der Waals surface area contributed by atoms with Crippen molar-refractivity contribution >= 4 is 11.6 Å². The lowest BCUT2D eigenvalue weighted by Crippen LogP contribution is -3.08. The average molecular weight is 370 g/mol. The first-order valence-corrected chi connectivity index (χ1v) is 9.18. The summed E-state index contributed by atoms with van der Waals surface area (Å²) in [6.45, 7) is 5.15. The quantitative estimate of drug-likeness (QED) is 0.605. The first kappa shape index (κ1) is 19.0. The Hall–Kier alpha value is -2.73. The zero-order valence-electron chi connectivity index (χ0n) is 15.7. The minimum absolute atomic E-state index is 0.362. The molecule has 2 N–H and O–H groups in total. The van der Waals surface area contributed by atoms with E-state index in [-0.39, 0.29) is 11.7 Å². The largest absolute Gasteiger partial charge is 0.496 e. The molecular formula is C21H25FN3O2+. The van der Waals surface area contributed by atoms with Crippen molar-refractivity contribution in [2.24, 2.45) is 5.10 Å². The van der Waals surface area contributed by atoms with Crippen molar-refractivity contribution in [2.75, 3.05) is 20.2 Å².